The van der Waals surface area contributed by atoms with Gasteiger partial charge >= 0.3 is 0 Å². The number of hydrogen-bond acceptors (Lipinski definition) is 5. The summed E-state index contributed by atoms with van der Waals surface area (Å²) >= 11 is 5.77. The van der Waals surface area contributed by atoms with Gasteiger partial charge in [0.15, 0.2) is 0 Å². The lowest BCUT2D eigenvalue weighted by Gasteiger charge is -2.23. The van der Waals surface area contributed by atoms with Crippen LogP contribution in [0.3, 0.4) is 0 Å². The third-order valence-corrected chi connectivity index (χ3v) is 2.68. The van der Waals surface area contributed by atoms with E-state index in [-0.39, 0.29) is 11.6 Å². The van der Waals surface area contributed by atoms with E-state index >= 15 is 0 Å². The van der Waals surface area contributed by atoms with Crippen molar-refractivity contribution in [2.24, 2.45) is 0 Å². The topological polar surface area (TPSA) is 87.2 Å². The Hall–Kier alpha value is -1.11. The number of methoxy groups -OCH3 is 1. The van der Waals surface area contributed by atoms with Crippen molar-refractivity contribution in [3.63, 3.8) is 0 Å². The Bertz CT molecular complexity index is 420. The standard InChI is InChI=1S/C10H16ClN3O3/c1-10(16,3-4-17-2)6-12-7-5-13-14-9(15)8(7)11/h5,16H,3-4,6H2,1-2H3,(H2,12,14,15). The van der Waals surface area contributed by atoms with Crippen LogP contribution in [0.25, 0.3) is 0 Å². The molecule has 1 unspecified atom stereocenters. The fraction of sp³-hybridized carbons (Fsp3) is 0.600. The van der Waals surface area contributed by atoms with Gasteiger partial charge in [-0.05, 0) is 6.92 Å². The Labute approximate surface area is 104 Å². The molecular formula is C10H16ClN3O3. The lowest BCUT2D eigenvalue weighted by molar-refractivity contribution is 0.0357. The molecule has 0 saturated carbocycles. The molecule has 0 fully saturated rings. The van der Waals surface area contributed by atoms with Gasteiger partial charge in [0.05, 0.1) is 17.5 Å². The Kier molecular flexibility index (Phi) is 4.92. The van der Waals surface area contributed by atoms with Crippen molar-refractivity contribution in [2.45, 2.75) is 18.9 Å². The predicted octanol–water partition coefficient (Wildman–Crippen LogP) is 0.623. The fourth-order valence-corrected chi connectivity index (χ4v) is 1.36. The smallest absolute Gasteiger partial charge is 0.285 e. The van der Waals surface area contributed by atoms with Crippen LogP contribution < -0.4 is 10.9 Å². The minimum absolute atomic E-state index is 0.0301. The number of nitrogens with zero attached hydrogens (tertiary/aromatic N) is 1. The number of aromatic nitrogens is 2. The monoisotopic (exact) mass is 261 g/mol. The van der Waals surface area contributed by atoms with Gasteiger partial charge in [-0.1, -0.05) is 11.6 Å². The van der Waals surface area contributed by atoms with Crippen LogP contribution in [0.15, 0.2) is 11.0 Å². The third-order valence-electron chi connectivity index (χ3n) is 2.30. The molecule has 1 rings (SSSR count). The van der Waals surface area contributed by atoms with E-state index < -0.39 is 11.2 Å². The summed E-state index contributed by atoms with van der Waals surface area (Å²) in [5.41, 5.74) is -1.01. The number of aliphatic hydroxyl groups is 1. The van der Waals surface area contributed by atoms with E-state index in [4.69, 9.17) is 16.3 Å². The van der Waals surface area contributed by atoms with E-state index in [0.29, 0.717) is 18.7 Å². The number of aromatic amines is 1. The second kappa shape index (κ2) is 6.00. The predicted molar refractivity (Wildman–Crippen MR) is 65.5 cm³/mol. The number of H-pyrrole nitrogens is 1. The zero-order valence-electron chi connectivity index (χ0n) is 9.79. The van der Waals surface area contributed by atoms with Crippen LogP contribution in [0.2, 0.25) is 5.02 Å². The first-order valence-electron chi connectivity index (χ1n) is 5.14. The van der Waals surface area contributed by atoms with Crippen molar-refractivity contribution in [1.29, 1.82) is 0 Å². The first-order chi connectivity index (χ1) is 7.96. The van der Waals surface area contributed by atoms with Crippen LogP contribution in [0.4, 0.5) is 5.69 Å². The number of halogens is 1. The summed E-state index contributed by atoms with van der Waals surface area (Å²) in [6.07, 6.45) is 1.88. The van der Waals surface area contributed by atoms with Gasteiger partial charge in [-0.25, -0.2) is 5.10 Å². The van der Waals surface area contributed by atoms with Gasteiger partial charge in [-0.15, -0.1) is 0 Å². The van der Waals surface area contributed by atoms with E-state index in [2.05, 4.69) is 15.5 Å². The maximum Gasteiger partial charge on any atom is 0.285 e. The molecule has 1 atom stereocenters. The number of nitrogens with one attached hydrogen (secondary N) is 2. The molecule has 1 aromatic heterocycles. The summed E-state index contributed by atoms with van der Waals surface area (Å²) < 4.78 is 4.89. The Morgan fingerprint density at radius 1 is 1.71 bits per heavy atom. The molecule has 0 saturated heterocycles. The maximum absolute atomic E-state index is 11.2. The van der Waals surface area contributed by atoms with Crippen LogP contribution in [0.5, 0.6) is 0 Å². The third kappa shape index (κ3) is 4.33. The van der Waals surface area contributed by atoms with E-state index in [1.54, 1.807) is 14.0 Å². The summed E-state index contributed by atoms with van der Waals surface area (Å²) in [5.74, 6) is 0. The van der Waals surface area contributed by atoms with E-state index in [1.165, 1.54) is 6.20 Å². The average Bonchev–Trinajstić information content (AvgIpc) is 2.29. The minimum Gasteiger partial charge on any atom is -0.388 e. The summed E-state index contributed by atoms with van der Waals surface area (Å²) in [4.78, 5) is 11.2. The Morgan fingerprint density at radius 3 is 3.06 bits per heavy atom. The lowest BCUT2D eigenvalue weighted by Crippen LogP contribution is -2.35. The van der Waals surface area contributed by atoms with Crippen LogP contribution in [-0.2, 0) is 4.74 Å². The molecule has 0 aliphatic rings. The second-order valence-electron chi connectivity index (χ2n) is 4.02. The highest BCUT2D eigenvalue weighted by atomic mass is 35.5. The van der Waals surface area contributed by atoms with Gasteiger partial charge in [-0.3, -0.25) is 4.79 Å². The van der Waals surface area contributed by atoms with Gasteiger partial charge in [-0.2, -0.15) is 5.10 Å². The van der Waals surface area contributed by atoms with Crippen LogP contribution in [-0.4, -0.2) is 41.2 Å². The summed E-state index contributed by atoms with van der Waals surface area (Å²) in [6.45, 7) is 2.38. The molecule has 0 bridgehead atoms. The van der Waals surface area contributed by atoms with Gasteiger partial charge in [0.1, 0.15) is 5.02 Å². The number of anilines is 1. The molecular weight excluding hydrogens is 246 g/mol. The molecule has 1 aromatic rings. The van der Waals surface area contributed by atoms with Gasteiger partial charge in [0.2, 0.25) is 0 Å². The zero-order valence-corrected chi connectivity index (χ0v) is 10.5. The summed E-state index contributed by atoms with van der Waals surface area (Å²) in [7, 11) is 1.57. The summed E-state index contributed by atoms with van der Waals surface area (Å²) in [5, 5.41) is 18.7. The van der Waals surface area contributed by atoms with Gasteiger partial charge < -0.3 is 15.2 Å². The number of rotatable bonds is 6. The largest absolute Gasteiger partial charge is 0.388 e. The molecule has 1 heterocycles. The van der Waals surface area contributed by atoms with E-state index in [0.717, 1.165) is 0 Å². The highest BCUT2D eigenvalue weighted by Crippen LogP contribution is 2.17. The van der Waals surface area contributed by atoms with Crippen LogP contribution >= 0.6 is 11.6 Å². The number of hydrogen-bond donors (Lipinski definition) is 3. The quantitative estimate of drug-likeness (QED) is 0.699. The highest BCUT2D eigenvalue weighted by Gasteiger charge is 2.20. The first kappa shape index (κ1) is 14.0. The van der Waals surface area contributed by atoms with Crippen molar-refractivity contribution >= 4 is 17.3 Å². The SMILES string of the molecule is COCCC(C)(O)CNc1cn[nH]c(=O)c1Cl. The van der Waals surface area contributed by atoms with Crippen molar-refractivity contribution < 1.29 is 9.84 Å². The minimum atomic E-state index is -0.943. The van der Waals surface area contributed by atoms with Gasteiger partial charge in [0.25, 0.3) is 5.56 Å². The van der Waals surface area contributed by atoms with Crippen molar-refractivity contribution in [3.8, 4) is 0 Å². The number of ether oxygens (including phenoxy) is 1. The first-order valence-corrected chi connectivity index (χ1v) is 5.52. The molecule has 7 heteroatoms. The molecule has 0 aliphatic carbocycles. The van der Waals surface area contributed by atoms with Gasteiger partial charge in [0, 0.05) is 26.7 Å². The summed E-state index contributed by atoms with van der Waals surface area (Å²) in [6, 6.07) is 0. The molecule has 0 radical (unpaired) electrons. The molecule has 0 aromatic carbocycles. The van der Waals surface area contributed by atoms with Crippen LogP contribution in [0, 0.1) is 0 Å². The molecule has 6 nitrogen and oxygen atoms in total. The normalized spacial score (nSPS) is 14.4. The molecule has 3 N–H and O–H groups in total. The Morgan fingerprint density at radius 2 is 2.41 bits per heavy atom. The Balaban J connectivity index is 2.61. The average molecular weight is 262 g/mol. The van der Waals surface area contributed by atoms with E-state index in [1.807, 2.05) is 0 Å². The maximum atomic E-state index is 11.2. The van der Waals surface area contributed by atoms with Crippen molar-refractivity contribution in [3.05, 3.63) is 21.6 Å². The zero-order chi connectivity index (χ0) is 12.9. The molecule has 96 valence electrons. The molecule has 17 heavy (non-hydrogen) atoms. The van der Waals surface area contributed by atoms with Crippen LogP contribution in [0.1, 0.15) is 13.3 Å². The lowest BCUT2D eigenvalue weighted by atomic mass is 10.0. The second-order valence-corrected chi connectivity index (χ2v) is 4.40. The fourth-order valence-electron chi connectivity index (χ4n) is 1.20. The highest BCUT2D eigenvalue weighted by molar-refractivity contribution is 6.32. The molecule has 0 amide bonds. The van der Waals surface area contributed by atoms with Crippen molar-refractivity contribution in [2.75, 3.05) is 25.6 Å². The molecule has 0 aliphatic heterocycles. The van der Waals surface area contributed by atoms with Crippen molar-refractivity contribution in [1.82, 2.24) is 10.2 Å². The van der Waals surface area contributed by atoms with E-state index in [9.17, 15) is 9.90 Å². The molecule has 0 spiro atoms.